The van der Waals surface area contributed by atoms with Gasteiger partial charge < -0.3 is 21.3 Å². The zero-order valence-electron chi connectivity index (χ0n) is 14.0. The number of carbonyl (C=O) groups excluding carboxylic acids is 1. The Labute approximate surface area is 150 Å². The van der Waals surface area contributed by atoms with Gasteiger partial charge in [-0.1, -0.05) is 11.6 Å². The second-order valence-corrected chi connectivity index (χ2v) is 5.59. The molecule has 7 nitrogen and oxygen atoms in total. The van der Waals surface area contributed by atoms with Gasteiger partial charge in [-0.3, -0.25) is 0 Å². The Balaban J connectivity index is 1.77. The highest BCUT2D eigenvalue weighted by Crippen LogP contribution is 2.19. The highest BCUT2D eigenvalue weighted by molar-refractivity contribution is 6.31. The molecule has 0 unspecified atom stereocenters. The number of hydrogen-bond donors (Lipinski definition) is 4. The summed E-state index contributed by atoms with van der Waals surface area (Å²) in [4.78, 5) is 20.4. The van der Waals surface area contributed by atoms with Crippen molar-refractivity contribution in [3.8, 4) is 0 Å². The van der Waals surface area contributed by atoms with Crippen molar-refractivity contribution in [3.63, 3.8) is 0 Å². The van der Waals surface area contributed by atoms with Crippen LogP contribution in [0.15, 0.2) is 24.3 Å². The Morgan fingerprint density at radius 2 is 2.00 bits per heavy atom. The van der Waals surface area contributed by atoms with E-state index in [-0.39, 0.29) is 5.02 Å². The van der Waals surface area contributed by atoms with Crippen molar-refractivity contribution in [3.05, 3.63) is 40.8 Å². The summed E-state index contributed by atoms with van der Waals surface area (Å²) in [5.74, 6) is 0.703. The van der Waals surface area contributed by atoms with Crippen molar-refractivity contribution in [1.82, 2.24) is 15.3 Å². The Morgan fingerprint density at radius 3 is 2.72 bits per heavy atom. The standard InChI is InChI=1S/C16H20ClFN6O/c1-3-19-15-22-10(2)8-14(24-15)20-6-7-21-16(25)23-11-4-5-13(18)12(17)9-11/h4-5,8-9H,3,6-7H2,1-2H3,(H2,21,23,25)(H2,19,20,22,24). The molecule has 1 aromatic heterocycles. The second kappa shape index (κ2) is 9.03. The fraction of sp³-hybridized carbons (Fsp3) is 0.312. The van der Waals surface area contributed by atoms with E-state index in [2.05, 4.69) is 31.2 Å². The molecule has 0 spiro atoms. The molecule has 134 valence electrons. The van der Waals surface area contributed by atoms with Crippen molar-refractivity contribution in [2.45, 2.75) is 13.8 Å². The predicted molar refractivity (Wildman–Crippen MR) is 97.9 cm³/mol. The molecular formula is C16H20ClFN6O. The van der Waals surface area contributed by atoms with Gasteiger partial charge in [-0.25, -0.2) is 14.2 Å². The van der Waals surface area contributed by atoms with Crippen molar-refractivity contribution in [2.75, 3.05) is 35.6 Å². The van der Waals surface area contributed by atoms with Crippen LogP contribution in [0.2, 0.25) is 5.02 Å². The number of hydrogen-bond acceptors (Lipinski definition) is 5. The largest absolute Gasteiger partial charge is 0.368 e. The Hall–Kier alpha value is -2.61. The lowest BCUT2D eigenvalue weighted by Crippen LogP contribution is -2.32. The molecule has 2 amide bonds. The van der Waals surface area contributed by atoms with Gasteiger partial charge in [0, 0.05) is 37.1 Å². The predicted octanol–water partition coefficient (Wildman–Crippen LogP) is 3.24. The number of rotatable bonds is 7. The molecule has 0 atom stereocenters. The van der Waals surface area contributed by atoms with E-state index in [1.54, 1.807) is 0 Å². The lowest BCUT2D eigenvalue weighted by atomic mass is 10.3. The maximum atomic E-state index is 13.1. The van der Waals surface area contributed by atoms with Gasteiger partial charge in [-0.2, -0.15) is 4.98 Å². The van der Waals surface area contributed by atoms with Gasteiger partial charge in [0.1, 0.15) is 11.6 Å². The van der Waals surface area contributed by atoms with Gasteiger partial charge in [-0.05, 0) is 32.0 Å². The third kappa shape index (κ3) is 6.07. The average Bonchev–Trinajstić information content (AvgIpc) is 2.55. The van der Waals surface area contributed by atoms with Crippen LogP contribution in [-0.2, 0) is 0 Å². The maximum absolute atomic E-state index is 13.1. The van der Waals surface area contributed by atoms with E-state index in [1.165, 1.54) is 18.2 Å². The molecule has 1 heterocycles. The Morgan fingerprint density at radius 1 is 1.20 bits per heavy atom. The van der Waals surface area contributed by atoms with E-state index in [0.717, 1.165) is 12.2 Å². The van der Waals surface area contributed by atoms with Crippen LogP contribution >= 0.6 is 11.6 Å². The fourth-order valence-corrected chi connectivity index (χ4v) is 2.19. The monoisotopic (exact) mass is 366 g/mol. The van der Waals surface area contributed by atoms with Crippen molar-refractivity contribution >= 4 is 35.1 Å². The van der Waals surface area contributed by atoms with Crippen LogP contribution in [-0.4, -0.2) is 35.6 Å². The number of benzene rings is 1. The third-order valence-electron chi connectivity index (χ3n) is 3.08. The molecule has 9 heteroatoms. The molecular weight excluding hydrogens is 347 g/mol. The topological polar surface area (TPSA) is 91.0 Å². The van der Waals surface area contributed by atoms with Crippen LogP contribution in [0.3, 0.4) is 0 Å². The van der Waals surface area contributed by atoms with Gasteiger partial charge in [0.2, 0.25) is 5.95 Å². The van der Waals surface area contributed by atoms with Crippen molar-refractivity contribution < 1.29 is 9.18 Å². The first-order valence-corrected chi connectivity index (χ1v) is 8.19. The van der Waals surface area contributed by atoms with Gasteiger partial charge in [0.05, 0.1) is 5.02 Å². The van der Waals surface area contributed by atoms with Gasteiger partial charge in [0.25, 0.3) is 0 Å². The molecule has 4 N–H and O–H groups in total. The molecule has 0 fully saturated rings. The number of nitrogens with one attached hydrogen (secondary N) is 4. The van der Waals surface area contributed by atoms with Crippen LogP contribution in [0.1, 0.15) is 12.6 Å². The van der Waals surface area contributed by atoms with E-state index in [0.29, 0.717) is 30.5 Å². The Kier molecular flexibility index (Phi) is 6.76. The molecule has 25 heavy (non-hydrogen) atoms. The van der Waals surface area contributed by atoms with Crippen LogP contribution in [0.5, 0.6) is 0 Å². The number of nitrogens with zero attached hydrogens (tertiary/aromatic N) is 2. The second-order valence-electron chi connectivity index (χ2n) is 5.19. The minimum absolute atomic E-state index is 0.0462. The third-order valence-corrected chi connectivity index (χ3v) is 3.37. The molecule has 0 aliphatic rings. The van der Waals surface area contributed by atoms with E-state index < -0.39 is 11.8 Å². The van der Waals surface area contributed by atoms with E-state index in [9.17, 15) is 9.18 Å². The first-order chi connectivity index (χ1) is 12.0. The molecule has 2 rings (SSSR count). The van der Waals surface area contributed by atoms with E-state index in [1.807, 2.05) is 19.9 Å². The number of aromatic nitrogens is 2. The summed E-state index contributed by atoms with van der Waals surface area (Å²) in [5, 5.41) is 11.4. The SMILES string of the molecule is CCNc1nc(C)cc(NCCNC(=O)Nc2ccc(F)c(Cl)c2)n1. The first kappa shape index (κ1) is 18.7. The molecule has 0 aliphatic heterocycles. The Bertz CT molecular complexity index is 743. The van der Waals surface area contributed by atoms with Crippen LogP contribution in [0, 0.1) is 12.7 Å². The summed E-state index contributed by atoms with van der Waals surface area (Å²) in [6.45, 7) is 5.45. The number of aryl methyl sites for hydroxylation is 1. The molecule has 0 saturated heterocycles. The average molecular weight is 367 g/mol. The van der Waals surface area contributed by atoms with Crippen LogP contribution < -0.4 is 21.3 Å². The zero-order valence-corrected chi connectivity index (χ0v) is 14.7. The van der Waals surface area contributed by atoms with Gasteiger partial charge >= 0.3 is 6.03 Å². The smallest absolute Gasteiger partial charge is 0.319 e. The zero-order chi connectivity index (χ0) is 18.2. The van der Waals surface area contributed by atoms with Crippen molar-refractivity contribution in [1.29, 1.82) is 0 Å². The normalized spacial score (nSPS) is 10.2. The molecule has 0 bridgehead atoms. The number of urea groups is 1. The highest BCUT2D eigenvalue weighted by Gasteiger charge is 2.05. The molecule has 0 aliphatic carbocycles. The van der Waals surface area contributed by atoms with Crippen LogP contribution in [0.4, 0.5) is 26.6 Å². The van der Waals surface area contributed by atoms with Crippen molar-refractivity contribution in [2.24, 2.45) is 0 Å². The molecule has 0 saturated carbocycles. The number of halogens is 2. The number of carbonyl (C=O) groups is 1. The molecule has 0 radical (unpaired) electrons. The first-order valence-electron chi connectivity index (χ1n) is 7.81. The summed E-state index contributed by atoms with van der Waals surface area (Å²) in [6, 6.07) is 5.39. The van der Waals surface area contributed by atoms with Gasteiger partial charge in [-0.15, -0.1) is 0 Å². The lowest BCUT2D eigenvalue weighted by molar-refractivity contribution is 0.252. The lowest BCUT2D eigenvalue weighted by Gasteiger charge is -2.10. The summed E-state index contributed by atoms with van der Waals surface area (Å²) in [5.41, 5.74) is 1.26. The molecule has 2 aromatic rings. The maximum Gasteiger partial charge on any atom is 0.319 e. The summed E-state index contributed by atoms with van der Waals surface area (Å²) >= 11 is 5.67. The fourth-order valence-electron chi connectivity index (χ4n) is 2.01. The minimum Gasteiger partial charge on any atom is -0.368 e. The van der Waals surface area contributed by atoms with Crippen LogP contribution in [0.25, 0.3) is 0 Å². The quantitative estimate of drug-likeness (QED) is 0.565. The minimum atomic E-state index is -0.533. The summed E-state index contributed by atoms with van der Waals surface area (Å²) in [6.07, 6.45) is 0. The molecule has 1 aromatic carbocycles. The van der Waals surface area contributed by atoms with Gasteiger partial charge in [0.15, 0.2) is 0 Å². The number of anilines is 3. The van der Waals surface area contributed by atoms with E-state index in [4.69, 9.17) is 11.6 Å². The summed E-state index contributed by atoms with van der Waals surface area (Å²) < 4.78 is 13.1. The number of amides is 2. The highest BCUT2D eigenvalue weighted by atomic mass is 35.5. The van der Waals surface area contributed by atoms with E-state index >= 15 is 0 Å². The summed E-state index contributed by atoms with van der Waals surface area (Å²) in [7, 11) is 0.